The minimum atomic E-state index is -3.53. The van der Waals surface area contributed by atoms with E-state index in [1.54, 1.807) is 7.11 Å². The molecule has 2 atom stereocenters. The van der Waals surface area contributed by atoms with Crippen LogP contribution in [0.2, 0.25) is 0 Å². The van der Waals surface area contributed by atoms with E-state index in [-0.39, 0.29) is 28.5 Å². The van der Waals surface area contributed by atoms with Gasteiger partial charge >= 0.3 is 0 Å². The summed E-state index contributed by atoms with van der Waals surface area (Å²) in [7, 11) is -0.534. The number of carbonyl (C=O) groups excluding carboxylic acids is 1. The van der Waals surface area contributed by atoms with E-state index >= 15 is 0 Å². The smallest absolute Gasteiger partial charge is 0.258 e. The van der Waals surface area contributed by atoms with Crippen LogP contribution in [0.1, 0.15) is 23.5 Å². The zero-order valence-corrected chi connectivity index (χ0v) is 20.4. The monoisotopic (exact) mass is 506 g/mol. The Morgan fingerprint density at radius 1 is 1.11 bits per heavy atom. The first-order chi connectivity index (χ1) is 17.2. The predicted octanol–water partition coefficient (Wildman–Crippen LogP) is 2.89. The number of benzene rings is 2. The molecule has 3 heterocycles. The van der Waals surface area contributed by atoms with Gasteiger partial charge in [0, 0.05) is 23.2 Å². The maximum Gasteiger partial charge on any atom is 0.258 e. The second-order valence-electron chi connectivity index (χ2n) is 8.93. The maximum atomic E-state index is 13.0. The first kappa shape index (κ1) is 22.3. The number of hydrogen-bond donors (Lipinski definition) is 3. The van der Waals surface area contributed by atoms with Crippen molar-refractivity contribution in [3.05, 3.63) is 53.7 Å². The third kappa shape index (κ3) is 3.28. The van der Waals surface area contributed by atoms with Crippen molar-refractivity contribution >= 4 is 44.0 Å². The Balaban J connectivity index is 1.30. The molecule has 1 saturated carbocycles. The number of nitrogens with zero attached hydrogens (tertiary/aromatic N) is 3. The fraction of sp³-hybridized carbons (Fsp3) is 0.250. The summed E-state index contributed by atoms with van der Waals surface area (Å²) >= 11 is 0. The molecule has 0 radical (unpaired) electrons. The highest BCUT2D eigenvalue weighted by Crippen LogP contribution is 2.65. The molecule has 184 valence electrons. The summed E-state index contributed by atoms with van der Waals surface area (Å²) in [5, 5.41) is 14.0. The molecular weight excluding hydrogens is 484 g/mol. The van der Waals surface area contributed by atoms with Crippen molar-refractivity contribution in [2.45, 2.75) is 22.8 Å². The van der Waals surface area contributed by atoms with Crippen LogP contribution in [0.25, 0.3) is 10.9 Å². The van der Waals surface area contributed by atoms with Crippen molar-refractivity contribution in [3.8, 4) is 11.6 Å². The number of H-pyrrole nitrogens is 1. The average molecular weight is 507 g/mol. The van der Waals surface area contributed by atoms with Gasteiger partial charge in [-0.05, 0) is 47.9 Å². The first-order valence-electron chi connectivity index (χ1n) is 11.1. The standard InChI is InChI=1S/C24H22N6O5S/c1-34-13-5-7-17-15(9-13)24(23(31)26-17)10-16(24)12-4-6-14-18(8-12)29-30-20(14)28-21-22(35-2)27-19(11-25-21)36(3,32)33/h4-9,11,16H,10H2,1-3H3,(H,26,31)(H2,25,28,29,30)/t16-,24-/m0/s1. The van der Waals surface area contributed by atoms with Crippen LogP contribution in [0.3, 0.4) is 0 Å². The molecule has 0 bridgehead atoms. The van der Waals surface area contributed by atoms with E-state index in [9.17, 15) is 13.2 Å². The van der Waals surface area contributed by atoms with Crippen molar-refractivity contribution in [2.75, 3.05) is 31.1 Å². The Morgan fingerprint density at radius 3 is 2.69 bits per heavy atom. The predicted molar refractivity (Wildman–Crippen MR) is 132 cm³/mol. The van der Waals surface area contributed by atoms with E-state index in [1.165, 1.54) is 13.3 Å². The highest BCUT2D eigenvalue weighted by molar-refractivity contribution is 7.90. The lowest BCUT2D eigenvalue weighted by molar-refractivity contribution is -0.118. The van der Waals surface area contributed by atoms with E-state index in [4.69, 9.17) is 9.47 Å². The van der Waals surface area contributed by atoms with Gasteiger partial charge in [-0.1, -0.05) is 6.07 Å². The molecule has 1 aliphatic heterocycles. The number of hydrogen-bond acceptors (Lipinski definition) is 9. The highest BCUT2D eigenvalue weighted by Gasteiger charge is 2.65. The Hall–Kier alpha value is -4.19. The van der Waals surface area contributed by atoms with Crippen LogP contribution in [-0.4, -0.2) is 55.0 Å². The van der Waals surface area contributed by atoms with E-state index in [0.717, 1.165) is 39.7 Å². The lowest BCUT2D eigenvalue weighted by atomic mass is 9.91. The number of sulfone groups is 1. The highest BCUT2D eigenvalue weighted by atomic mass is 32.2. The average Bonchev–Trinajstić information content (AvgIpc) is 3.42. The molecule has 4 aromatic rings. The number of fused-ring (bicyclic) bond motifs is 3. The van der Waals surface area contributed by atoms with Crippen LogP contribution in [0.15, 0.2) is 47.6 Å². The van der Waals surface area contributed by atoms with Gasteiger partial charge in [-0.2, -0.15) is 10.1 Å². The zero-order chi connectivity index (χ0) is 25.2. The van der Waals surface area contributed by atoms with Crippen molar-refractivity contribution in [2.24, 2.45) is 0 Å². The van der Waals surface area contributed by atoms with Gasteiger partial charge in [0.1, 0.15) is 5.75 Å². The number of anilines is 3. The molecule has 12 heteroatoms. The summed E-state index contributed by atoms with van der Waals surface area (Å²) in [6.45, 7) is 0. The second-order valence-corrected chi connectivity index (χ2v) is 10.9. The molecule has 1 fully saturated rings. The number of rotatable bonds is 6. The second kappa shape index (κ2) is 7.65. The van der Waals surface area contributed by atoms with Gasteiger partial charge in [0.15, 0.2) is 26.5 Å². The largest absolute Gasteiger partial charge is 0.497 e. The summed E-state index contributed by atoms with van der Waals surface area (Å²) in [5.41, 5.74) is 3.00. The summed E-state index contributed by atoms with van der Waals surface area (Å²) in [4.78, 5) is 21.2. The summed E-state index contributed by atoms with van der Waals surface area (Å²) in [6, 6.07) is 11.6. The van der Waals surface area contributed by atoms with E-state index in [1.807, 2.05) is 36.4 Å². The quantitative estimate of drug-likeness (QED) is 0.359. The first-order valence-corrected chi connectivity index (χ1v) is 13.0. The summed E-state index contributed by atoms with van der Waals surface area (Å²) in [6.07, 6.45) is 2.93. The molecule has 0 saturated heterocycles. The lowest BCUT2D eigenvalue weighted by Gasteiger charge is -2.10. The molecule has 36 heavy (non-hydrogen) atoms. The molecule has 2 aliphatic rings. The fourth-order valence-electron chi connectivity index (χ4n) is 4.92. The number of carbonyl (C=O) groups is 1. The molecule has 2 aromatic carbocycles. The van der Waals surface area contributed by atoms with Crippen molar-refractivity contribution in [1.29, 1.82) is 0 Å². The number of nitrogens with one attached hydrogen (secondary N) is 3. The normalized spacial score (nSPS) is 20.3. The molecular formula is C24H22N6O5S. The van der Waals surface area contributed by atoms with E-state index < -0.39 is 15.3 Å². The molecule has 1 aliphatic carbocycles. The van der Waals surface area contributed by atoms with E-state index in [2.05, 4.69) is 30.8 Å². The SMILES string of the molecule is COc1ccc2c(c1)[C@]1(C[C@H]1c1ccc3c(Nc4ncc(S(C)(=O)=O)nc4OC)n[nH]c3c1)C(=O)N2. The van der Waals surface area contributed by atoms with Crippen LogP contribution in [0.4, 0.5) is 17.3 Å². The molecule has 1 spiro atoms. The fourth-order valence-corrected chi connectivity index (χ4v) is 5.42. The summed E-state index contributed by atoms with van der Waals surface area (Å²) < 4.78 is 34.2. The molecule has 3 N–H and O–H groups in total. The van der Waals surface area contributed by atoms with Crippen LogP contribution >= 0.6 is 0 Å². The summed E-state index contributed by atoms with van der Waals surface area (Å²) in [5.74, 6) is 1.51. The number of aromatic amines is 1. The third-order valence-corrected chi connectivity index (χ3v) is 7.80. The maximum absolute atomic E-state index is 13.0. The third-order valence-electron chi connectivity index (χ3n) is 6.84. The van der Waals surface area contributed by atoms with Gasteiger partial charge < -0.3 is 20.1 Å². The number of ether oxygens (including phenoxy) is 2. The Morgan fingerprint density at radius 2 is 1.94 bits per heavy atom. The number of amides is 1. The van der Waals surface area contributed by atoms with Crippen LogP contribution < -0.4 is 20.1 Å². The van der Waals surface area contributed by atoms with Gasteiger partial charge in [0.05, 0.1) is 31.3 Å². The number of methoxy groups -OCH3 is 2. The zero-order valence-electron chi connectivity index (χ0n) is 19.6. The van der Waals surface area contributed by atoms with Gasteiger partial charge in [-0.25, -0.2) is 13.4 Å². The van der Waals surface area contributed by atoms with Crippen LogP contribution in [0, 0.1) is 0 Å². The minimum Gasteiger partial charge on any atom is -0.497 e. The van der Waals surface area contributed by atoms with Gasteiger partial charge in [0.2, 0.25) is 5.91 Å². The van der Waals surface area contributed by atoms with Gasteiger partial charge in [-0.15, -0.1) is 0 Å². The van der Waals surface area contributed by atoms with Crippen molar-refractivity contribution in [3.63, 3.8) is 0 Å². The molecule has 0 unspecified atom stereocenters. The molecule has 1 amide bonds. The number of aromatic nitrogens is 4. The Bertz CT molecular complexity index is 1670. The molecule has 6 rings (SSSR count). The minimum absolute atomic E-state index is 0.00558. The van der Waals surface area contributed by atoms with Crippen LogP contribution in [0.5, 0.6) is 11.6 Å². The van der Waals surface area contributed by atoms with Crippen LogP contribution in [-0.2, 0) is 20.0 Å². The van der Waals surface area contributed by atoms with E-state index in [0.29, 0.717) is 12.2 Å². The van der Waals surface area contributed by atoms with Gasteiger partial charge in [0.25, 0.3) is 5.88 Å². The lowest BCUT2D eigenvalue weighted by Crippen LogP contribution is -2.21. The topological polar surface area (TPSA) is 148 Å². The van der Waals surface area contributed by atoms with Crippen molar-refractivity contribution < 1.29 is 22.7 Å². The van der Waals surface area contributed by atoms with Crippen molar-refractivity contribution in [1.82, 2.24) is 20.2 Å². The van der Waals surface area contributed by atoms with Gasteiger partial charge in [-0.3, -0.25) is 9.89 Å². The molecule has 2 aromatic heterocycles. The Labute approximate surface area is 206 Å². The molecule has 11 nitrogen and oxygen atoms in total. The Kier molecular flexibility index (Phi) is 4.74.